The topological polar surface area (TPSA) is 61.8 Å². The number of benzene rings is 3. The van der Waals surface area contributed by atoms with E-state index in [1.807, 2.05) is 48.5 Å². The van der Waals surface area contributed by atoms with Crippen molar-refractivity contribution in [1.82, 2.24) is 10.2 Å². The van der Waals surface area contributed by atoms with Gasteiger partial charge in [0.15, 0.2) is 5.76 Å². The number of nitrogens with one attached hydrogen (secondary N) is 1. The molecule has 3 aromatic rings. The van der Waals surface area contributed by atoms with Crippen LogP contribution in [0.2, 0.25) is 0 Å². The van der Waals surface area contributed by atoms with Gasteiger partial charge in [-0.25, -0.2) is 0 Å². The first kappa shape index (κ1) is 20.9. The SMILES string of the molecule is O=C1/C(=C/C2=CCc3ccccc32)Oc2c1cc(-c1ccccc1)c(O)c2CN1CCNCC1. The van der Waals surface area contributed by atoms with Gasteiger partial charge in [-0.1, -0.05) is 60.7 Å². The Hall–Kier alpha value is -3.67. The Bertz CT molecular complexity index is 1330. The fourth-order valence-electron chi connectivity index (χ4n) is 5.05. The maximum absolute atomic E-state index is 13.5. The first-order valence-corrected chi connectivity index (χ1v) is 11.8. The lowest BCUT2D eigenvalue weighted by atomic mass is 9.95. The number of Topliss-reactive ketones (excluding diaryl/α,β-unsaturated/α-hetero) is 1. The molecule has 1 aliphatic carbocycles. The molecule has 0 spiro atoms. The zero-order chi connectivity index (χ0) is 23.1. The van der Waals surface area contributed by atoms with Crippen LogP contribution in [0.1, 0.15) is 27.0 Å². The molecule has 1 fully saturated rings. The summed E-state index contributed by atoms with van der Waals surface area (Å²) in [5.41, 5.74) is 6.12. The molecule has 2 N–H and O–H groups in total. The number of ketones is 1. The van der Waals surface area contributed by atoms with E-state index in [1.54, 1.807) is 6.07 Å². The van der Waals surface area contributed by atoms with E-state index in [0.717, 1.165) is 49.3 Å². The number of phenolic OH excluding ortho intramolecular Hbond substituents is 1. The predicted molar refractivity (Wildman–Crippen MR) is 133 cm³/mol. The van der Waals surface area contributed by atoms with E-state index in [0.29, 0.717) is 34.7 Å². The molecule has 0 saturated carbocycles. The molecule has 2 aliphatic heterocycles. The average Bonchev–Trinajstić information content (AvgIpc) is 3.43. The maximum Gasteiger partial charge on any atom is 0.232 e. The van der Waals surface area contributed by atoms with E-state index in [-0.39, 0.29) is 11.5 Å². The molecule has 5 nitrogen and oxygen atoms in total. The van der Waals surface area contributed by atoms with Crippen LogP contribution in [0.3, 0.4) is 0 Å². The number of hydrogen-bond acceptors (Lipinski definition) is 5. The quantitative estimate of drug-likeness (QED) is 0.571. The van der Waals surface area contributed by atoms with E-state index >= 15 is 0 Å². The smallest absolute Gasteiger partial charge is 0.232 e. The minimum atomic E-state index is -0.140. The minimum absolute atomic E-state index is 0.140. The van der Waals surface area contributed by atoms with Gasteiger partial charge in [0.05, 0.1) is 11.1 Å². The van der Waals surface area contributed by atoms with E-state index in [2.05, 4.69) is 28.4 Å². The molecule has 0 aromatic heterocycles. The molecule has 170 valence electrons. The molecule has 0 amide bonds. The Kier molecular flexibility index (Phi) is 5.28. The maximum atomic E-state index is 13.5. The Balaban J connectivity index is 1.43. The molecule has 2 heterocycles. The molecule has 0 atom stereocenters. The fraction of sp³-hybridized carbons (Fsp3) is 0.207. The van der Waals surface area contributed by atoms with Crippen molar-refractivity contribution in [3.63, 3.8) is 0 Å². The molecule has 6 rings (SSSR count). The number of phenols is 1. The summed E-state index contributed by atoms with van der Waals surface area (Å²) in [7, 11) is 0. The third-order valence-electron chi connectivity index (χ3n) is 6.86. The van der Waals surface area contributed by atoms with Crippen LogP contribution in [0.4, 0.5) is 0 Å². The second kappa shape index (κ2) is 8.60. The highest BCUT2D eigenvalue weighted by molar-refractivity contribution is 6.14. The summed E-state index contributed by atoms with van der Waals surface area (Å²) in [6.45, 7) is 4.09. The van der Waals surface area contributed by atoms with E-state index in [9.17, 15) is 9.90 Å². The Morgan fingerprint density at radius 2 is 1.74 bits per heavy atom. The van der Waals surface area contributed by atoms with Crippen molar-refractivity contribution in [2.45, 2.75) is 13.0 Å². The van der Waals surface area contributed by atoms with Gasteiger partial charge >= 0.3 is 0 Å². The lowest BCUT2D eigenvalue weighted by Crippen LogP contribution is -2.42. The van der Waals surface area contributed by atoms with Crippen LogP contribution >= 0.6 is 0 Å². The lowest BCUT2D eigenvalue weighted by Gasteiger charge is -2.28. The van der Waals surface area contributed by atoms with Crippen LogP contribution in [0.25, 0.3) is 16.7 Å². The molecule has 0 radical (unpaired) electrons. The summed E-state index contributed by atoms with van der Waals surface area (Å²) >= 11 is 0. The second-order valence-corrected chi connectivity index (χ2v) is 8.98. The van der Waals surface area contributed by atoms with Crippen molar-refractivity contribution in [1.29, 1.82) is 0 Å². The molecule has 5 heteroatoms. The van der Waals surface area contributed by atoms with Crippen LogP contribution < -0.4 is 10.1 Å². The highest BCUT2D eigenvalue weighted by Gasteiger charge is 2.34. The van der Waals surface area contributed by atoms with Gasteiger partial charge in [-0.05, 0) is 40.8 Å². The molecular formula is C29H26N2O3. The number of ether oxygens (including phenoxy) is 1. The van der Waals surface area contributed by atoms with Gasteiger partial charge < -0.3 is 15.2 Å². The van der Waals surface area contributed by atoms with Crippen molar-refractivity contribution in [2.75, 3.05) is 26.2 Å². The molecular weight excluding hydrogens is 424 g/mol. The van der Waals surface area contributed by atoms with Gasteiger partial charge in [0.1, 0.15) is 11.5 Å². The number of carbonyl (C=O) groups is 1. The van der Waals surface area contributed by atoms with Gasteiger partial charge in [-0.15, -0.1) is 0 Å². The number of allylic oxidation sites excluding steroid dienone is 4. The third-order valence-corrected chi connectivity index (χ3v) is 6.86. The zero-order valence-electron chi connectivity index (χ0n) is 18.9. The van der Waals surface area contributed by atoms with Crippen molar-refractivity contribution < 1.29 is 14.6 Å². The molecule has 3 aromatic carbocycles. The molecule has 3 aliphatic rings. The van der Waals surface area contributed by atoms with Gasteiger partial charge in [0, 0.05) is 38.3 Å². The van der Waals surface area contributed by atoms with E-state index in [1.165, 1.54) is 5.56 Å². The summed E-state index contributed by atoms with van der Waals surface area (Å²) in [5, 5.41) is 14.7. The highest BCUT2D eigenvalue weighted by atomic mass is 16.5. The van der Waals surface area contributed by atoms with E-state index in [4.69, 9.17) is 4.74 Å². The zero-order valence-corrected chi connectivity index (χ0v) is 18.9. The number of carbonyl (C=O) groups excluding carboxylic acids is 1. The monoisotopic (exact) mass is 450 g/mol. The normalized spacial score (nSPS) is 18.5. The Morgan fingerprint density at radius 1 is 0.971 bits per heavy atom. The number of fused-ring (bicyclic) bond motifs is 2. The highest BCUT2D eigenvalue weighted by Crippen LogP contribution is 2.46. The second-order valence-electron chi connectivity index (χ2n) is 8.98. The summed E-state index contributed by atoms with van der Waals surface area (Å²) in [6.07, 6.45) is 4.83. The number of hydrogen-bond donors (Lipinski definition) is 2. The molecule has 0 bridgehead atoms. The van der Waals surface area contributed by atoms with Crippen LogP contribution in [0.15, 0.2) is 78.6 Å². The number of aromatic hydroxyl groups is 1. The van der Waals surface area contributed by atoms with Crippen LogP contribution in [-0.2, 0) is 13.0 Å². The van der Waals surface area contributed by atoms with Crippen LogP contribution in [-0.4, -0.2) is 42.0 Å². The van der Waals surface area contributed by atoms with Crippen LogP contribution in [0.5, 0.6) is 11.5 Å². The van der Waals surface area contributed by atoms with Crippen molar-refractivity contribution in [2.24, 2.45) is 0 Å². The molecule has 34 heavy (non-hydrogen) atoms. The molecule has 1 saturated heterocycles. The van der Waals surface area contributed by atoms with Gasteiger partial charge in [-0.2, -0.15) is 0 Å². The molecule has 0 unspecified atom stereocenters. The summed E-state index contributed by atoms with van der Waals surface area (Å²) in [4.78, 5) is 15.8. The van der Waals surface area contributed by atoms with E-state index < -0.39 is 0 Å². The van der Waals surface area contributed by atoms with Crippen LogP contribution in [0, 0.1) is 0 Å². The largest absolute Gasteiger partial charge is 0.507 e. The number of rotatable bonds is 4. The van der Waals surface area contributed by atoms with Crippen molar-refractivity contribution in [3.8, 4) is 22.6 Å². The average molecular weight is 451 g/mol. The minimum Gasteiger partial charge on any atom is -0.507 e. The van der Waals surface area contributed by atoms with Gasteiger partial charge in [0.2, 0.25) is 5.78 Å². The summed E-state index contributed by atoms with van der Waals surface area (Å²) < 4.78 is 6.21. The Morgan fingerprint density at radius 3 is 2.56 bits per heavy atom. The predicted octanol–water partition coefficient (Wildman–Crippen LogP) is 4.56. The third kappa shape index (κ3) is 3.63. The van der Waals surface area contributed by atoms with Crippen molar-refractivity contribution >= 4 is 11.4 Å². The summed E-state index contributed by atoms with van der Waals surface area (Å²) in [6, 6.07) is 19.7. The first-order chi connectivity index (χ1) is 16.7. The van der Waals surface area contributed by atoms with Gasteiger partial charge in [0.25, 0.3) is 0 Å². The number of piperazine rings is 1. The van der Waals surface area contributed by atoms with Gasteiger partial charge in [-0.3, -0.25) is 9.69 Å². The first-order valence-electron chi connectivity index (χ1n) is 11.8. The Labute approximate surface area is 199 Å². The van der Waals surface area contributed by atoms with Crippen molar-refractivity contribution in [3.05, 3.63) is 101 Å². The lowest BCUT2D eigenvalue weighted by molar-refractivity contribution is 0.101. The standard InChI is InChI=1S/C29H26N2O3/c32-27-23(19-6-2-1-3-7-19)17-24-28(33)26(16-21-11-10-20-8-4-5-9-22(20)21)34-29(24)25(27)18-31-14-12-30-13-15-31/h1-9,11,16-17,30,32H,10,12-15,18H2/b26-16-. The fourth-order valence-corrected chi connectivity index (χ4v) is 5.05. The summed E-state index contributed by atoms with van der Waals surface area (Å²) in [5.74, 6) is 0.838. The number of nitrogens with zero attached hydrogens (tertiary/aromatic N) is 1.